The third-order valence-electron chi connectivity index (χ3n) is 2.40. The van der Waals surface area contributed by atoms with Crippen LogP contribution < -0.4 is 5.73 Å². The first-order valence-corrected chi connectivity index (χ1v) is 4.80. The molecule has 1 aromatic carbocycles. The van der Waals surface area contributed by atoms with E-state index in [-0.39, 0.29) is 12.2 Å². The zero-order valence-electron chi connectivity index (χ0n) is 8.76. The van der Waals surface area contributed by atoms with Gasteiger partial charge in [0.05, 0.1) is 5.83 Å². The summed E-state index contributed by atoms with van der Waals surface area (Å²) in [6.45, 7) is 4.85. The van der Waals surface area contributed by atoms with Gasteiger partial charge >= 0.3 is 0 Å². The van der Waals surface area contributed by atoms with Crippen molar-refractivity contribution in [2.24, 2.45) is 5.73 Å². The molecule has 15 heavy (non-hydrogen) atoms. The molecule has 0 bridgehead atoms. The van der Waals surface area contributed by atoms with Crippen molar-refractivity contribution in [2.75, 3.05) is 0 Å². The third-order valence-corrected chi connectivity index (χ3v) is 2.40. The molecule has 0 spiro atoms. The molecule has 1 aromatic rings. The van der Waals surface area contributed by atoms with Gasteiger partial charge in [0.15, 0.2) is 0 Å². The van der Waals surface area contributed by atoms with E-state index in [0.29, 0.717) is 12.0 Å². The molecule has 0 radical (unpaired) electrons. The van der Waals surface area contributed by atoms with Crippen LogP contribution in [0.2, 0.25) is 0 Å². The second kappa shape index (κ2) is 4.53. The Labute approximate surface area is 88.6 Å². The molecule has 1 unspecified atom stereocenters. The van der Waals surface area contributed by atoms with Crippen LogP contribution in [0.1, 0.15) is 25.3 Å². The summed E-state index contributed by atoms with van der Waals surface area (Å²) in [6, 6.07) is 6.29. The Morgan fingerprint density at radius 1 is 1.47 bits per heavy atom. The zero-order valence-corrected chi connectivity index (χ0v) is 8.76. The summed E-state index contributed by atoms with van der Waals surface area (Å²) in [7, 11) is 0. The van der Waals surface area contributed by atoms with Gasteiger partial charge < -0.3 is 5.73 Å². The van der Waals surface area contributed by atoms with Gasteiger partial charge in [0, 0.05) is 17.5 Å². The minimum absolute atomic E-state index is 0.154. The minimum atomic E-state index is -0.861. The summed E-state index contributed by atoms with van der Waals surface area (Å²) in [5, 5.41) is 0. The van der Waals surface area contributed by atoms with E-state index >= 15 is 0 Å². The lowest BCUT2D eigenvalue weighted by Crippen LogP contribution is -2.33. The quantitative estimate of drug-likeness (QED) is 0.812. The molecule has 0 heterocycles. The van der Waals surface area contributed by atoms with Gasteiger partial charge in [-0.25, -0.2) is 8.78 Å². The molecule has 0 aliphatic carbocycles. The van der Waals surface area contributed by atoms with Crippen molar-refractivity contribution in [3.8, 4) is 0 Å². The van der Waals surface area contributed by atoms with Crippen LogP contribution in [-0.2, 0) is 5.54 Å². The summed E-state index contributed by atoms with van der Waals surface area (Å²) >= 11 is 0. The largest absolute Gasteiger partial charge is 0.322 e. The first-order chi connectivity index (χ1) is 6.93. The molecule has 0 aliphatic heterocycles. The van der Waals surface area contributed by atoms with Gasteiger partial charge in [0.25, 0.3) is 0 Å². The van der Waals surface area contributed by atoms with Gasteiger partial charge in [-0.15, -0.1) is 0 Å². The van der Waals surface area contributed by atoms with Crippen molar-refractivity contribution in [1.29, 1.82) is 0 Å². The standard InChI is InChI=1S/C12H15F2N/c1-9(13)7-8-12(2,15)10-5-3-4-6-11(10)14/h3-6H,1,7-8,15H2,2H3. The first-order valence-electron chi connectivity index (χ1n) is 4.80. The Balaban J connectivity index is 2.85. The Morgan fingerprint density at radius 2 is 2.07 bits per heavy atom. The molecular formula is C12H15F2N. The predicted molar refractivity (Wildman–Crippen MR) is 57.4 cm³/mol. The summed E-state index contributed by atoms with van der Waals surface area (Å²) < 4.78 is 25.9. The fourth-order valence-electron chi connectivity index (χ4n) is 1.45. The number of nitrogens with two attached hydrogens (primary N) is 1. The molecule has 0 saturated carbocycles. The molecule has 0 amide bonds. The summed E-state index contributed by atoms with van der Waals surface area (Å²) in [4.78, 5) is 0. The normalized spacial score (nSPS) is 14.7. The number of benzene rings is 1. The van der Waals surface area contributed by atoms with E-state index in [4.69, 9.17) is 5.73 Å². The van der Waals surface area contributed by atoms with E-state index in [1.54, 1.807) is 25.1 Å². The molecule has 1 nitrogen and oxygen atoms in total. The molecule has 1 atom stereocenters. The third kappa shape index (κ3) is 3.13. The minimum Gasteiger partial charge on any atom is -0.322 e. The van der Waals surface area contributed by atoms with E-state index in [1.807, 2.05) is 0 Å². The number of halogens is 2. The van der Waals surface area contributed by atoms with Gasteiger partial charge in [0.2, 0.25) is 0 Å². The van der Waals surface area contributed by atoms with Crippen LogP contribution in [0.5, 0.6) is 0 Å². The van der Waals surface area contributed by atoms with E-state index < -0.39 is 11.4 Å². The van der Waals surface area contributed by atoms with Crippen LogP contribution in [-0.4, -0.2) is 0 Å². The van der Waals surface area contributed by atoms with Crippen LogP contribution in [0.4, 0.5) is 8.78 Å². The van der Waals surface area contributed by atoms with E-state index in [2.05, 4.69) is 6.58 Å². The second-order valence-corrected chi connectivity index (χ2v) is 3.91. The van der Waals surface area contributed by atoms with Crippen LogP contribution in [0.15, 0.2) is 36.7 Å². The van der Waals surface area contributed by atoms with Crippen LogP contribution in [0.3, 0.4) is 0 Å². The smallest absolute Gasteiger partial charge is 0.128 e. The molecule has 0 fully saturated rings. The Hall–Kier alpha value is -1.22. The molecule has 1 rings (SSSR count). The van der Waals surface area contributed by atoms with Gasteiger partial charge in [-0.3, -0.25) is 0 Å². The average Bonchev–Trinajstić information content (AvgIpc) is 2.15. The summed E-state index contributed by atoms with van der Waals surface area (Å²) in [6.07, 6.45) is 0.491. The summed E-state index contributed by atoms with van der Waals surface area (Å²) in [5.74, 6) is -0.782. The molecule has 0 aromatic heterocycles. The Morgan fingerprint density at radius 3 is 2.60 bits per heavy atom. The van der Waals surface area contributed by atoms with Gasteiger partial charge in [-0.2, -0.15) is 0 Å². The SMILES string of the molecule is C=C(F)CCC(C)(N)c1ccccc1F. The van der Waals surface area contributed by atoms with E-state index in [0.717, 1.165) is 0 Å². The zero-order chi connectivity index (χ0) is 11.5. The first kappa shape index (κ1) is 11.9. The second-order valence-electron chi connectivity index (χ2n) is 3.91. The molecule has 82 valence electrons. The summed E-state index contributed by atoms with van der Waals surface area (Å²) in [5.41, 5.74) is 5.49. The molecule has 2 N–H and O–H groups in total. The Bertz CT molecular complexity index is 358. The number of hydrogen-bond acceptors (Lipinski definition) is 1. The maximum Gasteiger partial charge on any atom is 0.128 e. The average molecular weight is 211 g/mol. The number of allylic oxidation sites excluding steroid dienone is 1. The van der Waals surface area contributed by atoms with Crippen molar-refractivity contribution < 1.29 is 8.78 Å². The Kier molecular flexibility index (Phi) is 3.58. The van der Waals surface area contributed by atoms with Gasteiger partial charge in [-0.1, -0.05) is 24.8 Å². The fourth-order valence-corrected chi connectivity index (χ4v) is 1.45. The van der Waals surface area contributed by atoms with Crippen molar-refractivity contribution >= 4 is 0 Å². The topological polar surface area (TPSA) is 26.0 Å². The molecule has 0 saturated heterocycles. The number of rotatable bonds is 4. The fraction of sp³-hybridized carbons (Fsp3) is 0.333. The van der Waals surface area contributed by atoms with Gasteiger partial charge in [-0.05, 0) is 19.4 Å². The van der Waals surface area contributed by atoms with Crippen LogP contribution in [0, 0.1) is 5.82 Å². The predicted octanol–water partition coefficient (Wildman–Crippen LogP) is 3.26. The van der Waals surface area contributed by atoms with Crippen molar-refractivity contribution in [1.82, 2.24) is 0 Å². The van der Waals surface area contributed by atoms with Crippen molar-refractivity contribution in [3.05, 3.63) is 48.1 Å². The maximum absolute atomic E-state index is 13.4. The van der Waals surface area contributed by atoms with Crippen LogP contribution in [0.25, 0.3) is 0 Å². The van der Waals surface area contributed by atoms with E-state index in [9.17, 15) is 8.78 Å². The highest BCUT2D eigenvalue weighted by Crippen LogP contribution is 2.26. The molecular weight excluding hydrogens is 196 g/mol. The lowest BCUT2D eigenvalue weighted by molar-refractivity contribution is 0.408. The van der Waals surface area contributed by atoms with Crippen LogP contribution >= 0.6 is 0 Å². The monoisotopic (exact) mass is 211 g/mol. The van der Waals surface area contributed by atoms with Gasteiger partial charge in [0.1, 0.15) is 5.82 Å². The highest BCUT2D eigenvalue weighted by Gasteiger charge is 2.24. The number of hydrogen-bond donors (Lipinski definition) is 1. The lowest BCUT2D eigenvalue weighted by atomic mass is 9.88. The van der Waals surface area contributed by atoms with E-state index in [1.165, 1.54) is 6.07 Å². The molecule has 0 aliphatic rings. The van der Waals surface area contributed by atoms with Crippen molar-refractivity contribution in [2.45, 2.75) is 25.3 Å². The lowest BCUT2D eigenvalue weighted by Gasteiger charge is -2.25. The highest BCUT2D eigenvalue weighted by atomic mass is 19.1. The maximum atomic E-state index is 13.4. The highest BCUT2D eigenvalue weighted by molar-refractivity contribution is 5.25. The molecule has 3 heteroatoms. The van der Waals surface area contributed by atoms with Crippen molar-refractivity contribution in [3.63, 3.8) is 0 Å².